The van der Waals surface area contributed by atoms with Crippen LogP contribution in [0, 0.1) is 5.82 Å². The number of carboxylic acids is 1. The quantitative estimate of drug-likeness (QED) is 0.682. The van der Waals surface area contributed by atoms with Gasteiger partial charge in [0.2, 0.25) is 5.71 Å². The third kappa shape index (κ3) is 3.94. The number of halogens is 1. The summed E-state index contributed by atoms with van der Waals surface area (Å²) in [4.78, 5) is 11.2. The minimum atomic E-state index is -1.79. The van der Waals surface area contributed by atoms with Crippen LogP contribution in [0.25, 0.3) is 0 Å². The van der Waals surface area contributed by atoms with E-state index in [1.54, 1.807) is 20.8 Å². The fourth-order valence-corrected chi connectivity index (χ4v) is 1.85. The van der Waals surface area contributed by atoms with Gasteiger partial charge in [0.05, 0.1) is 7.11 Å². The van der Waals surface area contributed by atoms with Crippen molar-refractivity contribution in [3.8, 4) is 5.75 Å². The van der Waals surface area contributed by atoms with Crippen LogP contribution in [-0.4, -0.2) is 33.2 Å². The first-order chi connectivity index (χ1) is 9.16. The van der Waals surface area contributed by atoms with Crippen molar-refractivity contribution in [2.75, 3.05) is 7.11 Å². The fraction of sp³-hybridized carbons (Fsp3) is 0.385. The van der Waals surface area contributed by atoms with Crippen LogP contribution in [-0.2, 0) is 16.2 Å². The van der Waals surface area contributed by atoms with Gasteiger partial charge in [-0.2, -0.15) is 0 Å². The summed E-state index contributed by atoms with van der Waals surface area (Å²) in [6.45, 7) is 4.95. The second-order valence-corrected chi connectivity index (χ2v) is 6.86. The molecule has 0 unspecified atom stereocenters. The lowest BCUT2D eigenvalue weighted by Gasteiger charge is -2.18. The highest BCUT2D eigenvalue weighted by atomic mass is 32.2. The lowest BCUT2D eigenvalue weighted by atomic mass is 10.1. The first-order valence-corrected chi connectivity index (χ1v) is 6.85. The van der Waals surface area contributed by atoms with Gasteiger partial charge in [0.1, 0.15) is 27.7 Å². The highest BCUT2D eigenvalue weighted by molar-refractivity contribution is 7.91. The summed E-state index contributed by atoms with van der Waals surface area (Å²) in [5.41, 5.74) is -0.797. The molecule has 0 radical (unpaired) electrons. The van der Waals surface area contributed by atoms with E-state index in [1.807, 2.05) is 0 Å². The Morgan fingerprint density at radius 1 is 1.45 bits per heavy atom. The summed E-state index contributed by atoms with van der Waals surface area (Å²) < 4.78 is 33.5. The van der Waals surface area contributed by atoms with Crippen molar-refractivity contribution in [3.63, 3.8) is 0 Å². The molecule has 1 N–H and O–H groups in total. The summed E-state index contributed by atoms with van der Waals surface area (Å²) in [6.07, 6.45) is 0. The Bertz CT molecular complexity index is 540. The normalized spacial score (nSPS) is 14.0. The average molecular weight is 301 g/mol. The fourth-order valence-electron chi connectivity index (χ4n) is 1.24. The van der Waals surface area contributed by atoms with Gasteiger partial charge < -0.3 is 14.4 Å². The van der Waals surface area contributed by atoms with Crippen molar-refractivity contribution in [2.45, 2.75) is 25.5 Å². The topological polar surface area (TPSA) is 82.0 Å². The number of rotatable bonds is 4. The molecule has 1 atom stereocenters. The third-order valence-corrected chi connectivity index (χ3v) is 3.73. The first kappa shape index (κ1) is 16.5. The van der Waals surface area contributed by atoms with E-state index < -0.39 is 33.6 Å². The van der Waals surface area contributed by atoms with E-state index in [2.05, 4.69) is 4.40 Å². The van der Waals surface area contributed by atoms with Crippen LogP contribution < -0.4 is 4.74 Å². The first-order valence-electron chi connectivity index (χ1n) is 5.74. The Kier molecular flexibility index (Phi) is 5.13. The SMILES string of the molecule is COc1ccc(C(=N[S@@+]([O-])C(C)(C)C)C(=O)O)c(F)c1. The molecule has 0 bridgehead atoms. The van der Waals surface area contributed by atoms with E-state index in [0.29, 0.717) is 0 Å². The molecule has 0 aliphatic heterocycles. The molecule has 0 saturated heterocycles. The number of ether oxygens (including phenoxy) is 1. The van der Waals surface area contributed by atoms with Gasteiger partial charge in [0, 0.05) is 11.6 Å². The number of carboxylic acid groups (broad SMARTS) is 1. The van der Waals surface area contributed by atoms with Gasteiger partial charge in [-0.3, -0.25) is 0 Å². The lowest BCUT2D eigenvalue weighted by Crippen LogP contribution is -2.29. The largest absolute Gasteiger partial charge is 0.591 e. The maximum atomic E-state index is 13.9. The Labute approximate surface area is 119 Å². The highest BCUT2D eigenvalue weighted by Crippen LogP contribution is 2.21. The predicted octanol–water partition coefficient (Wildman–Crippen LogP) is 2.17. The molecule has 5 nitrogen and oxygen atoms in total. The molecule has 0 aliphatic rings. The molecule has 20 heavy (non-hydrogen) atoms. The maximum absolute atomic E-state index is 13.9. The predicted molar refractivity (Wildman–Crippen MR) is 75.0 cm³/mol. The number of benzene rings is 1. The molecule has 7 heteroatoms. The molecule has 0 spiro atoms. The second-order valence-electron chi connectivity index (χ2n) is 4.95. The zero-order valence-corrected chi connectivity index (χ0v) is 12.5. The Hall–Kier alpha value is -1.60. The van der Waals surface area contributed by atoms with Gasteiger partial charge in [-0.25, -0.2) is 9.18 Å². The minimum absolute atomic E-state index is 0.226. The van der Waals surface area contributed by atoms with Crippen molar-refractivity contribution in [3.05, 3.63) is 29.6 Å². The highest BCUT2D eigenvalue weighted by Gasteiger charge is 2.30. The van der Waals surface area contributed by atoms with Crippen molar-refractivity contribution < 1.29 is 23.6 Å². The van der Waals surface area contributed by atoms with Crippen LogP contribution in [0.4, 0.5) is 4.39 Å². The summed E-state index contributed by atoms with van der Waals surface area (Å²) in [7, 11) is 1.37. The minimum Gasteiger partial charge on any atom is -0.591 e. The van der Waals surface area contributed by atoms with E-state index in [9.17, 15) is 13.7 Å². The maximum Gasteiger partial charge on any atom is 0.359 e. The number of carbonyl (C=O) groups is 1. The van der Waals surface area contributed by atoms with Crippen molar-refractivity contribution in [1.82, 2.24) is 0 Å². The summed E-state index contributed by atoms with van der Waals surface area (Å²) in [5, 5.41) is 9.13. The van der Waals surface area contributed by atoms with Crippen LogP contribution in [0.3, 0.4) is 0 Å². The molecule has 1 aromatic carbocycles. The zero-order valence-electron chi connectivity index (χ0n) is 11.6. The van der Waals surface area contributed by atoms with Gasteiger partial charge in [-0.15, -0.1) is 0 Å². The van der Waals surface area contributed by atoms with Gasteiger partial charge in [-0.1, -0.05) is 4.40 Å². The Morgan fingerprint density at radius 3 is 2.45 bits per heavy atom. The molecule has 0 fully saturated rings. The van der Waals surface area contributed by atoms with E-state index in [0.717, 1.165) is 6.07 Å². The van der Waals surface area contributed by atoms with Gasteiger partial charge in [0.25, 0.3) is 0 Å². The molecular weight excluding hydrogens is 285 g/mol. The van der Waals surface area contributed by atoms with Crippen molar-refractivity contribution >= 4 is 23.0 Å². The molecule has 0 heterocycles. The second kappa shape index (κ2) is 6.23. The molecule has 1 rings (SSSR count). The van der Waals surface area contributed by atoms with Crippen molar-refractivity contribution in [2.24, 2.45) is 4.40 Å². The van der Waals surface area contributed by atoms with Crippen molar-refractivity contribution in [1.29, 1.82) is 0 Å². The molecule has 0 aliphatic carbocycles. The molecule has 0 aromatic heterocycles. The summed E-state index contributed by atoms with van der Waals surface area (Å²) in [5.74, 6) is -1.98. The average Bonchev–Trinajstić information content (AvgIpc) is 2.34. The molecule has 0 saturated carbocycles. The summed E-state index contributed by atoms with van der Waals surface area (Å²) in [6, 6.07) is 3.70. The van der Waals surface area contributed by atoms with E-state index in [-0.39, 0.29) is 11.3 Å². The smallest absolute Gasteiger partial charge is 0.359 e. The van der Waals surface area contributed by atoms with E-state index in [1.165, 1.54) is 19.2 Å². The number of aliphatic carboxylic acids is 1. The Morgan fingerprint density at radius 2 is 2.05 bits per heavy atom. The van der Waals surface area contributed by atoms with Gasteiger partial charge in [0.15, 0.2) is 0 Å². The zero-order chi connectivity index (χ0) is 15.5. The van der Waals surface area contributed by atoms with Gasteiger partial charge in [-0.05, 0) is 32.9 Å². The lowest BCUT2D eigenvalue weighted by molar-refractivity contribution is -0.129. The van der Waals surface area contributed by atoms with Crippen LogP contribution in [0.15, 0.2) is 22.6 Å². The van der Waals surface area contributed by atoms with Crippen LogP contribution >= 0.6 is 0 Å². The molecule has 1 aromatic rings. The van der Waals surface area contributed by atoms with Gasteiger partial charge >= 0.3 is 5.97 Å². The monoisotopic (exact) mass is 301 g/mol. The molecular formula is C13H16FNO4S. The van der Waals surface area contributed by atoms with E-state index in [4.69, 9.17) is 9.84 Å². The van der Waals surface area contributed by atoms with E-state index >= 15 is 0 Å². The number of hydrogen-bond acceptors (Lipinski definition) is 4. The molecule has 0 amide bonds. The van der Waals surface area contributed by atoms with Crippen LogP contribution in [0.5, 0.6) is 5.75 Å². The Balaban J connectivity index is 3.29. The number of methoxy groups -OCH3 is 1. The van der Waals surface area contributed by atoms with Crippen LogP contribution in [0.2, 0.25) is 0 Å². The van der Waals surface area contributed by atoms with Crippen LogP contribution in [0.1, 0.15) is 26.3 Å². The number of nitrogens with zero attached hydrogens (tertiary/aromatic N) is 1. The molecule has 110 valence electrons. The third-order valence-electron chi connectivity index (χ3n) is 2.33. The number of hydrogen-bond donors (Lipinski definition) is 1. The standard InChI is InChI=1S/C13H16FNO4S/c1-13(2,3)20(18)15-11(12(16)17)9-6-5-8(19-4)7-10(9)14/h5-7H,1-4H3,(H,16,17)/t20-/m0/s1. The summed E-state index contributed by atoms with van der Waals surface area (Å²) >= 11 is -1.79.